The number of benzene rings is 2. The van der Waals surface area contributed by atoms with Crippen LogP contribution in [0.25, 0.3) is 17.1 Å². The Bertz CT molecular complexity index is 1370. The van der Waals surface area contributed by atoms with E-state index in [1.807, 2.05) is 61.4 Å². The Morgan fingerprint density at radius 3 is 2.65 bits per heavy atom. The van der Waals surface area contributed by atoms with E-state index in [-0.39, 0.29) is 12.0 Å². The van der Waals surface area contributed by atoms with E-state index in [0.29, 0.717) is 64.8 Å². The summed E-state index contributed by atoms with van der Waals surface area (Å²) >= 11 is 13.1. The second kappa shape index (κ2) is 9.86. The number of carbonyl (C=O) groups is 1. The largest absolute Gasteiger partial charge is 0.493 e. The van der Waals surface area contributed by atoms with Crippen molar-refractivity contribution in [3.63, 3.8) is 0 Å². The molecule has 0 aliphatic carbocycles. The molecule has 1 aromatic heterocycles. The number of hydrogen-bond donors (Lipinski definition) is 0. The summed E-state index contributed by atoms with van der Waals surface area (Å²) < 4.78 is 19.4. The van der Waals surface area contributed by atoms with Crippen molar-refractivity contribution in [3.05, 3.63) is 57.3 Å². The summed E-state index contributed by atoms with van der Waals surface area (Å²) in [5.74, 6) is 1.75. The van der Waals surface area contributed by atoms with E-state index in [4.69, 9.17) is 42.4 Å². The molecule has 0 atom stereocenters. The molecular formula is C28H31Cl2N3O4. The fourth-order valence-electron chi connectivity index (χ4n) is 5.09. The Morgan fingerprint density at radius 1 is 1.16 bits per heavy atom. The first-order valence-corrected chi connectivity index (χ1v) is 13.2. The first-order chi connectivity index (χ1) is 17.6. The lowest BCUT2D eigenvalue weighted by Crippen LogP contribution is -2.55. The molecule has 5 rings (SSSR count). The normalized spacial score (nSPS) is 16.4. The molecule has 1 fully saturated rings. The van der Waals surface area contributed by atoms with E-state index in [1.54, 1.807) is 13.2 Å². The van der Waals surface area contributed by atoms with Crippen molar-refractivity contribution in [2.75, 3.05) is 26.9 Å². The summed E-state index contributed by atoms with van der Waals surface area (Å²) in [4.78, 5) is 20.8. The Labute approximate surface area is 227 Å². The zero-order chi connectivity index (χ0) is 26.5. The molecule has 0 unspecified atom stereocenters. The highest BCUT2D eigenvalue weighted by Crippen LogP contribution is 2.42. The quantitative estimate of drug-likeness (QED) is 0.395. The monoisotopic (exact) mass is 543 g/mol. The van der Waals surface area contributed by atoms with Gasteiger partial charge >= 0.3 is 0 Å². The van der Waals surface area contributed by atoms with Gasteiger partial charge in [-0.3, -0.25) is 9.36 Å². The molecule has 0 bridgehead atoms. The van der Waals surface area contributed by atoms with Crippen LogP contribution >= 0.6 is 23.2 Å². The van der Waals surface area contributed by atoms with E-state index in [9.17, 15) is 4.79 Å². The summed E-state index contributed by atoms with van der Waals surface area (Å²) in [5.41, 5.74) is 3.43. The van der Waals surface area contributed by atoms with Crippen molar-refractivity contribution < 1.29 is 19.0 Å². The van der Waals surface area contributed by atoms with E-state index in [1.165, 1.54) is 0 Å². The summed E-state index contributed by atoms with van der Waals surface area (Å²) in [6.45, 7) is 9.44. The summed E-state index contributed by atoms with van der Waals surface area (Å²) in [5, 5.41) is 0.815. The third-order valence-electron chi connectivity index (χ3n) is 6.86. The van der Waals surface area contributed by atoms with Gasteiger partial charge in [-0.2, -0.15) is 0 Å². The van der Waals surface area contributed by atoms with Crippen molar-refractivity contribution in [1.82, 2.24) is 14.5 Å². The highest BCUT2D eigenvalue weighted by molar-refractivity contribution is 6.43. The van der Waals surface area contributed by atoms with E-state index in [0.717, 1.165) is 23.4 Å². The maximum absolute atomic E-state index is 14.0. The second-order valence-electron chi connectivity index (χ2n) is 10.3. The molecule has 9 heteroatoms. The molecule has 2 aliphatic rings. The molecule has 0 saturated carbocycles. The molecule has 0 spiro atoms. The molecule has 0 N–H and O–H groups in total. The highest BCUT2D eigenvalue weighted by Gasteiger charge is 2.38. The molecule has 2 aromatic carbocycles. The predicted molar refractivity (Wildman–Crippen MR) is 145 cm³/mol. The zero-order valence-electron chi connectivity index (χ0n) is 21.7. The van der Waals surface area contributed by atoms with Gasteiger partial charge in [-0.15, -0.1) is 0 Å². The van der Waals surface area contributed by atoms with Gasteiger partial charge in [0.05, 0.1) is 53.4 Å². The van der Waals surface area contributed by atoms with Crippen LogP contribution in [0.3, 0.4) is 0 Å². The first kappa shape index (κ1) is 25.9. The van der Waals surface area contributed by atoms with Crippen LogP contribution < -0.4 is 9.47 Å². The standard InChI is InChI=1S/C28H31Cl2N3O4/c1-16(2)37-23-14-21-17(13-22(23)35-5)9-10-20-25(27(34)32-11-12-36-15-28(32,3)4)31-26(33(20)21)18-7-6-8-19(29)24(18)30/h6-8,13-14,16H,9-12,15H2,1-5H3. The average Bonchev–Trinajstić information content (AvgIpc) is 3.24. The number of halogens is 2. The Kier molecular flexibility index (Phi) is 6.90. The SMILES string of the molecule is COc1cc2c(cc1OC(C)C)-n1c(-c3cccc(Cl)c3Cl)nc(C(=O)N3CCOCC3(C)C)c1CC2. The topological polar surface area (TPSA) is 65.8 Å². The third-order valence-corrected chi connectivity index (χ3v) is 7.68. The van der Waals surface area contributed by atoms with Crippen molar-refractivity contribution in [2.24, 2.45) is 0 Å². The number of rotatable bonds is 5. The summed E-state index contributed by atoms with van der Waals surface area (Å²) in [6, 6.07) is 9.42. The maximum atomic E-state index is 14.0. The van der Waals surface area contributed by atoms with Gasteiger partial charge in [0.2, 0.25) is 0 Å². The molecule has 37 heavy (non-hydrogen) atoms. The summed E-state index contributed by atoms with van der Waals surface area (Å²) in [7, 11) is 1.64. The predicted octanol–water partition coefficient (Wildman–Crippen LogP) is 5.99. The number of aryl methyl sites for hydroxylation is 1. The Balaban J connectivity index is 1.75. The van der Waals surface area contributed by atoms with Gasteiger partial charge in [0.1, 0.15) is 5.82 Å². The van der Waals surface area contributed by atoms with E-state index >= 15 is 0 Å². The van der Waals surface area contributed by atoms with Gasteiger partial charge in [0, 0.05) is 18.2 Å². The first-order valence-electron chi connectivity index (χ1n) is 12.5. The molecule has 3 aromatic rings. The highest BCUT2D eigenvalue weighted by atomic mass is 35.5. The molecule has 7 nitrogen and oxygen atoms in total. The molecule has 1 saturated heterocycles. The average molecular weight is 544 g/mol. The van der Waals surface area contributed by atoms with Crippen LogP contribution in [0.15, 0.2) is 30.3 Å². The number of hydrogen-bond acceptors (Lipinski definition) is 5. The van der Waals surface area contributed by atoms with Crippen LogP contribution in [0.5, 0.6) is 11.5 Å². The molecule has 2 aliphatic heterocycles. The Hall–Kier alpha value is -2.74. The van der Waals surface area contributed by atoms with Crippen LogP contribution in [0, 0.1) is 0 Å². The minimum Gasteiger partial charge on any atom is -0.493 e. The van der Waals surface area contributed by atoms with Gasteiger partial charge in [-0.1, -0.05) is 29.3 Å². The molecule has 196 valence electrons. The van der Waals surface area contributed by atoms with Gasteiger partial charge in [-0.25, -0.2) is 4.98 Å². The number of morpholine rings is 1. The van der Waals surface area contributed by atoms with Gasteiger partial charge in [0.15, 0.2) is 17.2 Å². The van der Waals surface area contributed by atoms with Crippen LogP contribution in [-0.4, -0.2) is 58.9 Å². The number of nitrogens with zero attached hydrogens (tertiary/aromatic N) is 3. The minimum absolute atomic E-state index is 0.0414. The fraction of sp³-hybridized carbons (Fsp3) is 0.429. The molecule has 1 amide bonds. The van der Waals surface area contributed by atoms with Crippen molar-refractivity contribution in [2.45, 2.75) is 52.2 Å². The van der Waals surface area contributed by atoms with Crippen LogP contribution in [0.1, 0.15) is 49.4 Å². The van der Waals surface area contributed by atoms with Crippen LogP contribution in [-0.2, 0) is 17.6 Å². The smallest absolute Gasteiger partial charge is 0.274 e. The number of methoxy groups -OCH3 is 1. The molecule has 3 heterocycles. The number of imidazole rings is 1. The lowest BCUT2D eigenvalue weighted by molar-refractivity contribution is -0.0373. The lowest BCUT2D eigenvalue weighted by atomic mass is 9.98. The molecular weight excluding hydrogens is 513 g/mol. The zero-order valence-corrected chi connectivity index (χ0v) is 23.2. The van der Waals surface area contributed by atoms with Crippen LogP contribution in [0.4, 0.5) is 0 Å². The number of carbonyl (C=O) groups excluding carboxylic acids is 1. The maximum Gasteiger partial charge on any atom is 0.274 e. The molecule has 0 radical (unpaired) electrons. The van der Waals surface area contributed by atoms with Gasteiger partial charge in [-0.05, 0) is 64.3 Å². The fourth-order valence-corrected chi connectivity index (χ4v) is 5.48. The number of fused-ring (bicyclic) bond motifs is 3. The second-order valence-corrected chi connectivity index (χ2v) is 11.1. The van der Waals surface area contributed by atoms with Crippen molar-refractivity contribution in [3.8, 4) is 28.6 Å². The summed E-state index contributed by atoms with van der Waals surface area (Å²) in [6.07, 6.45) is 1.33. The van der Waals surface area contributed by atoms with Crippen LogP contribution in [0.2, 0.25) is 10.0 Å². The minimum atomic E-state index is -0.447. The number of amides is 1. The third kappa shape index (κ3) is 4.58. The van der Waals surface area contributed by atoms with Crippen molar-refractivity contribution in [1.29, 1.82) is 0 Å². The van der Waals surface area contributed by atoms with E-state index < -0.39 is 5.54 Å². The van der Waals surface area contributed by atoms with Gasteiger partial charge in [0.25, 0.3) is 5.91 Å². The Morgan fingerprint density at radius 2 is 1.95 bits per heavy atom. The number of aromatic nitrogens is 2. The van der Waals surface area contributed by atoms with E-state index in [2.05, 4.69) is 0 Å². The van der Waals surface area contributed by atoms with Crippen molar-refractivity contribution >= 4 is 29.1 Å². The number of ether oxygens (including phenoxy) is 3. The lowest BCUT2D eigenvalue weighted by Gasteiger charge is -2.41. The van der Waals surface area contributed by atoms with Gasteiger partial charge < -0.3 is 19.1 Å².